The van der Waals surface area contributed by atoms with Gasteiger partial charge in [-0.15, -0.1) is 0 Å². The first-order valence-electron chi connectivity index (χ1n) is 21.9. The smallest absolute Gasteiger partial charge is 0.164 e. The van der Waals surface area contributed by atoms with Crippen LogP contribution in [0.5, 0.6) is 0 Å². The molecule has 0 amide bonds. The van der Waals surface area contributed by atoms with Crippen molar-refractivity contribution in [1.82, 2.24) is 15.0 Å². The maximum Gasteiger partial charge on any atom is 0.164 e. The third-order valence-corrected chi connectivity index (χ3v) is 12.4. The Balaban J connectivity index is 0.838. The Hall–Kier alpha value is -8.73. The number of hydrogen-bond acceptors (Lipinski definition) is 4. The van der Waals surface area contributed by atoms with Gasteiger partial charge in [-0.05, 0) is 90.7 Å². The van der Waals surface area contributed by atoms with Gasteiger partial charge in [-0.25, -0.2) is 15.0 Å². The van der Waals surface area contributed by atoms with Crippen LogP contribution in [0, 0.1) is 0 Å². The van der Waals surface area contributed by atoms with Crippen molar-refractivity contribution in [3.05, 3.63) is 237 Å². The van der Waals surface area contributed by atoms with E-state index >= 15 is 0 Å². The second-order valence-electron chi connectivity index (χ2n) is 16.4. The monoisotopic (exact) mass is 829 g/mol. The van der Waals surface area contributed by atoms with Crippen molar-refractivity contribution in [2.75, 3.05) is 0 Å². The molecule has 0 radical (unpaired) electrons. The molecule has 2 heterocycles. The average Bonchev–Trinajstić information content (AvgIpc) is 3.78. The van der Waals surface area contributed by atoms with Crippen LogP contribution in [0.4, 0.5) is 0 Å². The Morgan fingerprint density at radius 3 is 1.08 bits per heavy atom. The first-order valence-corrected chi connectivity index (χ1v) is 21.9. The molecule has 4 heteroatoms. The van der Waals surface area contributed by atoms with Crippen LogP contribution in [0.2, 0.25) is 0 Å². The minimum Gasteiger partial charge on any atom is -0.456 e. The molecule has 10 aromatic carbocycles. The molecule has 0 aliphatic heterocycles. The first-order chi connectivity index (χ1) is 32.2. The summed E-state index contributed by atoms with van der Waals surface area (Å²) in [6, 6.07) is 83.0. The van der Waals surface area contributed by atoms with Crippen molar-refractivity contribution in [3.8, 4) is 89.8 Å². The number of furan rings is 1. The molecule has 0 spiro atoms. The molecule has 304 valence electrons. The predicted molar refractivity (Wildman–Crippen MR) is 268 cm³/mol. The van der Waals surface area contributed by atoms with Crippen LogP contribution in [-0.4, -0.2) is 15.0 Å². The van der Waals surface area contributed by atoms with Gasteiger partial charge in [-0.1, -0.05) is 212 Å². The highest BCUT2D eigenvalue weighted by Crippen LogP contribution is 2.38. The quantitative estimate of drug-likeness (QED) is 0.153. The van der Waals surface area contributed by atoms with Gasteiger partial charge in [-0.3, -0.25) is 0 Å². The van der Waals surface area contributed by atoms with E-state index in [0.29, 0.717) is 17.5 Å². The normalized spacial score (nSPS) is 11.4. The molecule has 0 N–H and O–H groups in total. The molecule has 12 rings (SSSR count). The summed E-state index contributed by atoms with van der Waals surface area (Å²) >= 11 is 0. The molecule has 0 unspecified atom stereocenters. The van der Waals surface area contributed by atoms with Gasteiger partial charge < -0.3 is 4.42 Å². The molecule has 0 atom stereocenters. The zero-order valence-electron chi connectivity index (χ0n) is 35.3. The van der Waals surface area contributed by atoms with E-state index in [4.69, 9.17) is 19.4 Å². The van der Waals surface area contributed by atoms with Gasteiger partial charge >= 0.3 is 0 Å². The Kier molecular flexibility index (Phi) is 9.46. The Bertz CT molecular complexity index is 3550. The van der Waals surface area contributed by atoms with Gasteiger partial charge in [0.05, 0.1) is 0 Å². The average molecular weight is 830 g/mol. The van der Waals surface area contributed by atoms with Crippen molar-refractivity contribution >= 4 is 32.7 Å². The highest BCUT2D eigenvalue weighted by molar-refractivity contribution is 6.19. The zero-order valence-corrected chi connectivity index (χ0v) is 35.3. The molecule has 4 nitrogen and oxygen atoms in total. The summed E-state index contributed by atoms with van der Waals surface area (Å²) in [5.41, 5.74) is 16.1. The minimum absolute atomic E-state index is 0.623. The van der Waals surface area contributed by atoms with Crippen LogP contribution in [0.1, 0.15) is 0 Å². The largest absolute Gasteiger partial charge is 0.456 e. The summed E-state index contributed by atoms with van der Waals surface area (Å²) in [5.74, 6) is 1.88. The third-order valence-electron chi connectivity index (χ3n) is 12.4. The van der Waals surface area contributed by atoms with Gasteiger partial charge in [-0.2, -0.15) is 0 Å². The van der Waals surface area contributed by atoms with Gasteiger partial charge in [0.2, 0.25) is 0 Å². The molecule has 2 aromatic heterocycles. The number of rotatable bonds is 8. The van der Waals surface area contributed by atoms with Crippen molar-refractivity contribution in [2.24, 2.45) is 0 Å². The summed E-state index contributed by atoms with van der Waals surface area (Å²) in [6.45, 7) is 0. The second kappa shape index (κ2) is 16.2. The Morgan fingerprint density at radius 2 is 0.585 bits per heavy atom. The summed E-state index contributed by atoms with van der Waals surface area (Å²) < 4.78 is 6.27. The fourth-order valence-corrected chi connectivity index (χ4v) is 8.92. The third kappa shape index (κ3) is 7.33. The first kappa shape index (κ1) is 38.0. The maximum atomic E-state index is 6.27. The predicted octanol–water partition coefficient (Wildman–Crippen LogP) is 16.3. The van der Waals surface area contributed by atoms with E-state index in [-0.39, 0.29) is 0 Å². The van der Waals surface area contributed by atoms with Gasteiger partial charge in [0.25, 0.3) is 0 Å². The molecule has 0 fully saturated rings. The van der Waals surface area contributed by atoms with E-state index in [1.807, 2.05) is 12.1 Å². The lowest BCUT2D eigenvalue weighted by Gasteiger charge is -2.11. The molecule has 12 aromatic rings. The molecule has 0 aliphatic rings. The van der Waals surface area contributed by atoms with Gasteiger partial charge in [0.15, 0.2) is 17.5 Å². The fourth-order valence-electron chi connectivity index (χ4n) is 8.92. The highest BCUT2D eigenvalue weighted by Gasteiger charge is 2.15. The van der Waals surface area contributed by atoms with Crippen LogP contribution in [0.3, 0.4) is 0 Å². The summed E-state index contributed by atoms with van der Waals surface area (Å²) in [4.78, 5) is 15.2. The lowest BCUT2D eigenvalue weighted by molar-refractivity contribution is 0.669. The van der Waals surface area contributed by atoms with E-state index in [1.165, 1.54) is 27.3 Å². The number of aromatic nitrogens is 3. The van der Waals surface area contributed by atoms with Crippen LogP contribution in [0.15, 0.2) is 241 Å². The van der Waals surface area contributed by atoms with E-state index in [1.54, 1.807) is 0 Å². The molecule has 0 aliphatic carbocycles. The second-order valence-corrected chi connectivity index (χ2v) is 16.4. The molecule has 0 bridgehead atoms. The molecular formula is C61H39N3O. The zero-order chi connectivity index (χ0) is 43.1. The summed E-state index contributed by atoms with van der Waals surface area (Å²) in [6.07, 6.45) is 0. The fraction of sp³-hybridized carbons (Fsp3) is 0. The van der Waals surface area contributed by atoms with E-state index in [0.717, 1.165) is 77.8 Å². The number of fused-ring (bicyclic) bond motifs is 5. The molecule has 0 saturated heterocycles. The highest BCUT2D eigenvalue weighted by atomic mass is 16.3. The number of hydrogen-bond donors (Lipinski definition) is 0. The molecule has 0 saturated carbocycles. The summed E-state index contributed by atoms with van der Waals surface area (Å²) in [7, 11) is 0. The summed E-state index contributed by atoms with van der Waals surface area (Å²) in [5, 5.41) is 4.72. The SMILES string of the molecule is c1ccc(-c2ccc(-c3nc(-c4ccc(-c5ccccc5)cc4)nc(-c4ccc(-c5cccc(-c6ccc(-c7ccc8oc9ccc%10ccccc%10c9c8c7)cc6)c5)cc4)n3)cc2)cc1. The molecule has 65 heavy (non-hydrogen) atoms. The number of nitrogens with zero attached hydrogens (tertiary/aromatic N) is 3. The standard InChI is InChI=1S/C61H39N3O/c1-3-10-40(11-4-1)42-22-28-48(29-23-42)59-62-60(49-30-24-43(25-31-49)41-12-5-2-6-13-41)64-61(63-59)50-32-26-45(27-33-50)52-16-9-15-51(38-52)44-18-20-46(21-19-44)53-35-36-56-55(39-53)58-54-17-8-7-14-47(54)34-37-57(58)65-56/h1-39H. The van der Waals surface area contributed by atoms with E-state index in [9.17, 15) is 0 Å². The van der Waals surface area contributed by atoms with Gasteiger partial charge in [0, 0.05) is 27.5 Å². The van der Waals surface area contributed by atoms with Crippen molar-refractivity contribution in [3.63, 3.8) is 0 Å². The van der Waals surface area contributed by atoms with Crippen molar-refractivity contribution < 1.29 is 4.42 Å². The van der Waals surface area contributed by atoms with E-state index < -0.39 is 0 Å². The Labute approximate surface area is 376 Å². The maximum absolute atomic E-state index is 6.27. The van der Waals surface area contributed by atoms with Crippen LogP contribution < -0.4 is 0 Å². The van der Waals surface area contributed by atoms with Crippen LogP contribution >= 0.6 is 0 Å². The van der Waals surface area contributed by atoms with Crippen LogP contribution in [0.25, 0.3) is 123 Å². The molecular weight excluding hydrogens is 791 g/mol. The van der Waals surface area contributed by atoms with Gasteiger partial charge in [0.1, 0.15) is 11.2 Å². The Morgan fingerprint density at radius 1 is 0.231 bits per heavy atom. The lowest BCUT2D eigenvalue weighted by Crippen LogP contribution is -2.00. The lowest BCUT2D eigenvalue weighted by atomic mass is 9.96. The number of benzene rings is 10. The minimum atomic E-state index is 0.623. The topological polar surface area (TPSA) is 51.8 Å². The van der Waals surface area contributed by atoms with Crippen molar-refractivity contribution in [1.29, 1.82) is 0 Å². The van der Waals surface area contributed by atoms with E-state index in [2.05, 4.69) is 224 Å². The van der Waals surface area contributed by atoms with Crippen molar-refractivity contribution in [2.45, 2.75) is 0 Å². The van der Waals surface area contributed by atoms with Crippen LogP contribution in [-0.2, 0) is 0 Å².